The maximum absolute atomic E-state index is 12.0. The molecule has 146 valence electrons. The zero-order valence-corrected chi connectivity index (χ0v) is 16.3. The van der Waals surface area contributed by atoms with Crippen LogP contribution in [0, 0.1) is 0 Å². The molecule has 0 aliphatic rings. The van der Waals surface area contributed by atoms with Gasteiger partial charge in [0, 0.05) is 31.2 Å². The number of carbonyl (C=O) groups is 1. The predicted molar refractivity (Wildman–Crippen MR) is 108 cm³/mol. The molecule has 1 atom stereocenters. The molecule has 0 bridgehead atoms. The van der Waals surface area contributed by atoms with E-state index in [4.69, 9.17) is 0 Å². The number of benzene rings is 1. The summed E-state index contributed by atoms with van der Waals surface area (Å²) in [5.74, 6) is 0.743. The van der Waals surface area contributed by atoms with Crippen LogP contribution in [0.25, 0.3) is 0 Å². The Kier molecular flexibility index (Phi) is 10.9. The molecule has 0 aliphatic carbocycles. The van der Waals surface area contributed by atoms with E-state index in [9.17, 15) is 9.90 Å². The number of phenolic OH excluding ortho intramolecular Hbond substituents is 1. The summed E-state index contributed by atoms with van der Waals surface area (Å²) < 4.78 is 0. The van der Waals surface area contributed by atoms with Gasteiger partial charge in [-0.1, -0.05) is 32.3 Å². The van der Waals surface area contributed by atoms with Crippen LogP contribution in [0.2, 0.25) is 0 Å². The van der Waals surface area contributed by atoms with Gasteiger partial charge in [0.25, 0.3) is 5.91 Å². The topological polar surface area (TPSA) is 85.8 Å². The lowest BCUT2D eigenvalue weighted by molar-refractivity contribution is 0.0953. The van der Waals surface area contributed by atoms with Crippen molar-refractivity contribution in [2.45, 2.75) is 58.9 Å². The normalized spacial score (nSPS) is 12.5. The third-order valence-electron chi connectivity index (χ3n) is 3.97. The highest BCUT2D eigenvalue weighted by molar-refractivity contribution is 5.94. The van der Waals surface area contributed by atoms with E-state index in [2.05, 4.69) is 41.7 Å². The van der Waals surface area contributed by atoms with E-state index in [1.54, 1.807) is 18.2 Å². The highest BCUT2D eigenvalue weighted by Gasteiger charge is 2.06. The van der Waals surface area contributed by atoms with E-state index < -0.39 is 0 Å². The lowest BCUT2D eigenvalue weighted by Crippen LogP contribution is -2.42. The maximum Gasteiger partial charge on any atom is 0.251 e. The van der Waals surface area contributed by atoms with Crippen LogP contribution >= 0.6 is 0 Å². The first-order valence-electron chi connectivity index (χ1n) is 9.68. The Balaban J connectivity index is 2.32. The Labute approximate surface area is 157 Å². The Hall–Kier alpha value is -2.24. The Bertz CT molecular complexity index is 560. The average molecular weight is 363 g/mol. The minimum Gasteiger partial charge on any atom is -0.508 e. The molecule has 26 heavy (non-hydrogen) atoms. The monoisotopic (exact) mass is 362 g/mol. The second-order valence-corrected chi connectivity index (χ2v) is 6.46. The van der Waals surface area contributed by atoms with Crippen molar-refractivity contribution < 1.29 is 9.90 Å². The second kappa shape index (κ2) is 13.0. The summed E-state index contributed by atoms with van der Waals surface area (Å²) in [6.07, 6.45) is 5.61. The molecule has 0 heterocycles. The van der Waals surface area contributed by atoms with Gasteiger partial charge in [-0.2, -0.15) is 0 Å². The minimum absolute atomic E-state index is 0.0941. The van der Waals surface area contributed by atoms with Gasteiger partial charge in [-0.05, 0) is 44.9 Å². The average Bonchev–Trinajstić information content (AvgIpc) is 2.61. The van der Waals surface area contributed by atoms with Crippen molar-refractivity contribution in [1.82, 2.24) is 16.0 Å². The zero-order chi connectivity index (χ0) is 19.2. The molecule has 0 saturated heterocycles. The fourth-order valence-corrected chi connectivity index (χ4v) is 2.55. The number of nitrogens with one attached hydrogen (secondary N) is 3. The van der Waals surface area contributed by atoms with Gasteiger partial charge in [0.2, 0.25) is 0 Å². The Morgan fingerprint density at radius 1 is 1.19 bits per heavy atom. The predicted octanol–water partition coefficient (Wildman–Crippen LogP) is 3.04. The van der Waals surface area contributed by atoms with Crippen molar-refractivity contribution in [3.63, 3.8) is 0 Å². The van der Waals surface area contributed by atoms with E-state index in [1.807, 2.05) is 0 Å². The molecule has 0 spiro atoms. The number of carbonyl (C=O) groups excluding carboxylic acids is 1. The SMILES string of the molecule is CCCCCC(C)NC(=NCCCNC(=O)c1cccc(O)c1)NCC. The number of phenols is 1. The molecule has 0 radical (unpaired) electrons. The van der Waals surface area contributed by atoms with Crippen LogP contribution in [-0.4, -0.2) is 42.6 Å². The fraction of sp³-hybridized carbons (Fsp3) is 0.600. The molecule has 0 saturated carbocycles. The number of aliphatic imine (C=N–C) groups is 1. The summed E-state index contributed by atoms with van der Waals surface area (Å²) >= 11 is 0. The van der Waals surface area contributed by atoms with Gasteiger partial charge < -0.3 is 21.1 Å². The maximum atomic E-state index is 12.0. The molecule has 0 fully saturated rings. The van der Waals surface area contributed by atoms with Gasteiger partial charge in [-0.3, -0.25) is 9.79 Å². The molecule has 1 amide bonds. The third kappa shape index (κ3) is 9.30. The fourth-order valence-electron chi connectivity index (χ4n) is 2.55. The van der Waals surface area contributed by atoms with Crippen LogP contribution in [0.3, 0.4) is 0 Å². The molecule has 0 aliphatic heterocycles. The zero-order valence-electron chi connectivity index (χ0n) is 16.3. The first-order valence-corrected chi connectivity index (χ1v) is 9.68. The van der Waals surface area contributed by atoms with Crippen molar-refractivity contribution in [2.24, 2.45) is 4.99 Å². The molecule has 6 nitrogen and oxygen atoms in total. The highest BCUT2D eigenvalue weighted by Crippen LogP contribution is 2.10. The van der Waals surface area contributed by atoms with Crippen molar-refractivity contribution in [3.8, 4) is 5.75 Å². The summed E-state index contributed by atoms with van der Waals surface area (Å²) in [6.45, 7) is 8.44. The van der Waals surface area contributed by atoms with E-state index in [0.717, 1.165) is 25.3 Å². The van der Waals surface area contributed by atoms with Crippen molar-refractivity contribution in [1.29, 1.82) is 0 Å². The Morgan fingerprint density at radius 2 is 2.00 bits per heavy atom. The summed E-state index contributed by atoms with van der Waals surface area (Å²) in [7, 11) is 0. The van der Waals surface area contributed by atoms with Gasteiger partial charge in [0.1, 0.15) is 5.75 Å². The number of rotatable bonds is 11. The number of hydrogen-bond donors (Lipinski definition) is 4. The number of unbranched alkanes of at least 4 members (excludes halogenated alkanes) is 2. The lowest BCUT2D eigenvalue weighted by Gasteiger charge is -2.17. The van der Waals surface area contributed by atoms with Crippen molar-refractivity contribution in [2.75, 3.05) is 19.6 Å². The Morgan fingerprint density at radius 3 is 2.69 bits per heavy atom. The van der Waals surface area contributed by atoms with Gasteiger partial charge in [0.05, 0.1) is 0 Å². The van der Waals surface area contributed by atoms with Crippen LogP contribution in [0.5, 0.6) is 5.75 Å². The second-order valence-electron chi connectivity index (χ2n) is 6.46. The van der Waals surface area contributed by atoms with Gasteiger partial charge in [-0.15, -0.1) is 0 Å². The van der Waals surface area contributed by atoms with Crippen molar-refractivity contribution in [3.05, 3.63) is 29.8 Å². The van der Waals surface area contributed by atoms with E-state index in [-0.39, 0.29) is 11.7 Å². The van der Waals surface area contributed by atoms with Crippen LogP contribution in [0.15, 0.2) is 29.3 Å². The number of nitrogens with zero attached hydrogens (tertiary/aromatic N) is 1. The van der Waals surface area contributed by atoms with E-state index in [0.29, 0.717) is 24.7 Å². The third-order valence-corrected chi connectivity index (χ3v) is 3.97. The van der Waals surface area contributed by atoms with Crippen LogP contribution in [0.1, 0.15) is 63.2 Å². The summed E-state index contributed by atoms with van der Waals surface area (Å²) in [5, 5.41) is 19.0. The highest BCUT2D eigenvalue weighted by atomic mass is 16.3. The molecular formula is C20H34N4O2. The van der Waals surface area contributed by atoms with E-state index >= 15 is 0 Å². The summed E-state index contributed by atoms with van der Waals surface area (Å²) in [4.78, 5) is 16.6. The quantitative estimate of drug-likeness (QED) is 0.277. The largest absolute Gasteiger partial charge is 0.508 e. The number of guanidine groups is 1. The standard InChI is InChI=1S/C20H34N4O2/c1-4-6-7-10-16(3)24-20(21-5-2)23-14-9-13-22-19(26)17-11-8-12-18(25)15-17/h8,11-12,15-16,25H,4-7,9-10,13-14H2,1-3H3,(H,22,26)(H2,21,23,24). The van der Waals surface area contributed by atoms with Crippen LogP contribution in [-0.2, 0) is 0 Å². The first kappa shape index (κ1) is 21.8. The van der Waals surface area contributed by atoms with E-state index in [1.165, 1.54) is 25.3 Å². The van der Waals surface area contributed by atoms with Gasteiger partial charge in [0.15, 0.2) is 5.96 Å². The number of aromatic hydroxyl groups is 1. The summed E-state index contributed by atoms with van der Waals surface area (Å²) in [6, 6.07) is 6.74. The number of amides is 1. The first-order chi connectivity index (χ1) is 12.6. The van der Waals surface area contributed by atoms with Gasteiger partial charge >= 0.3 is 0 Å². The summed E-state index contributed by atoms with van der Waals surface area (Å²) in [5.41, 5.74) is 0.462. The minimum atomic E-state index is -0.181. The molecule has 1 aromatic carbocycles. The lowest BCUT2D eigenvalue weighted by atomic mass is 10.1. The molecule has 6 heteroatoms. The van der Waals surface area contributed by atoms with Crippen molar-refractivity contribution >= 4 is 11.9 Å². The molecular weight excluding hydrogens is 328 g/mol. The smallest absolute Gasteiger partial charge is 0.251 e. The molecule has 0 aromatic heterocycles. The van der Waals surface area contributed by atoms with Crippen LogP contribution in [0.4, 0.5) is 0 Å². The molecule has 1 unspecified atom stereocenters. The molecule has 1 aromatic rings. The van der Waals surface area contributed by atoms with Crippen LogP contribution < -0.4 is 16.0 Å². The molecule has 4 N–H and O–H groups in total. The molecule has 1 rings (SSSR count). The number of hydrogen-bond acceptors (Lipinski definition) is 3. The van der Waals surface area contributed by atoms with Gasteiger partial charge in [-0.25, -0.2) is 0 Å².